The number of carbonyl (C=O) groups is 1. The van der Waals surface area contributed by atoms with Gasteiger partial charge in [0.1, 0.15) is 35.1 Å². The van der Waals surface area contributed by atoms with Gasteiger partial charge in [-0.2, -0.15) is 9.41 Å². The van der Waals surface area contributed by atoms with E-state index >= 15 is 0 Å². The zero-order valence-electron chi connectivity index (χ0n) is 23.3. The van der Waals surface area contributed by atoms with E-state index in [1.54, 1.807) is 12.4 Å². The fraction of sp³-hybridized carbons (Fsp3) is 0.414. The highest BCUT2D eigenvalue weighted by atomic mass is 35.5. The second-order valence-electron chi connectivity index (χ2n) is 10.7. The molecule has 42 heavy (non-hydrogen) atoms. The van der Waals surface area contributed by atoms with E-state index < -0.39 is 16.1 Å². The standard InChI is InChI=1S/C29H34Cl2N6O4S/c1-19-7-8-21-4-2-6-25(28(21)35-19)41-17-22-23(30)9-10-26(27(22)31)42(39,40)37-13-3-5-24(37)29(38)33-16-20-11-14-36(15-12-20)18-34-32/h2,4,6-10,18,20,24H,3,5,11-17,32H2,1H3,(H,33,38)/t24-/m0/s1. The number of sulfonamides is 1. The van der Waals surface area contributed by atoms with Gasteiger partial charge in [0, 0.05) is 47.8 Å². The molecule has 2 saturated heterocycles. The summed E-state index contributed by atoms with van der Waals surface area (Å²) in [5, 5.41) is 7.72. The molecule has 0 radical (unpaired) electrons. The maximum atomic E-state index is 13.9. The number of fused-ring (bicyclic) bond motifs is 1. The van der Waals surface area contributed by atoms with Crippen LogP contribution in [0.3, 0.4) is 0 Å². The lowest BCUT2D eigenvalue weighted by Gasteiger charge is -2.31. The molecule has 13 heteroatoms. The summed E-state index contributed by atoms with van der Waals surface area (Å²) in [6.07, 6.45) is 4.41. The van der Waals surface area contributed by atoms with Crippen LogP contribution in [-0.4, -0.2) is 67.1 Å². The average molecular weight is 634 g/mol. The van der Waals surface area contributed by atoms with E-state index in [2.05, 4.69) is 15.4 Å². The largest absolute Gasteiger partial charge is 0.487 e. The van der Waals surface area contributed by atoms with Crippen LogP contribution in [0.4, 0.5) is 0 Å². The summed E-state index contributed by atoms with van der Waals surface area (Å²) in [4.78, 5) is 19.7. The number of aryl methyl sites for hydroxylation is 1. The number of ether oxygens (including phenoxy) is 1. The number of halogens is 2. The minimum Gasteiger partial charge on any atom is -0.487 e. The first kappa shape index (κ1) is 30.3. The smallest absolute Gasteiger partial charge is 0.245 e. The Labute approximate surface area is 255 Å². The average Bonchev–Trinajstić information content (AvgIpc) is 3.48. The van der Waals surface area contributed by atoms with Crippen molar-refractivity contribution in [1.82, 2.24) is 19.5 Å². The van der Waals surface area contributed by atoms with E-state index in [0.29, 0.717) is 42.1 Å². The number of hydrazone groups is 1. The van der Waals surface area contributed by atoms with Crippen molar-refractivity contribution in [3.63, 3.8) is 0 Å². The van der Waals surface area contributed by atoms with Gasteiger partial charge in [-0.05, 0) is 62.8 Å². The van der Waals surface area contributed by atoms with Crippen molar-refractivity contribution in [1.29, 1.82) is 0 Å². The molecule has 10 nitrogen and oxygen atoms in total. The minimum absolute atomic E-state index is 0.0225. The van der Waals surface area contributed by atoms with Crippen molar-refractivity contribution in [3.05, 3.63) is 63.8 Å². The number of amides is 1. The number of likely N-dealkylation sites (tertiary alicyclic amines) is 1. The van der Waals surface area contributed by atoms with E-state index in [4.69, 9.17) is 33.8 Å². The minimum atomic E-state index is -4.10. The highest BCUT2D eigenvalue weighted by Gasteiger charge is 2.41. The van der Waals surface area contributed by atoms with Gasteiger partial charge in [-0.1, -0.05) is 41.4 Å². The molecular weight excluding hydrogens is 599 g/mol. The number of para-hydroxylation sites is 1. The Kier molecular flexibility index (Phi) is 9.41. The van der Waals surface area contributed by atoms with Crippen molar-refractivity contribution in [2.24, 2.45) is 16.9 Å². The van der Waals surface area contributed by atoms with Crippen molar-refractivity contribution < 1.29 is 17.9 Å². The van der Waals surface area contributed by atoms with E-state index in [-0.39, 0.29) is 34.0 Å². The van der Waals surface area contributed by atoms with E-state index in [9.17, 15) is 13.2 Å². The zero-order chi connectivity index (χ0) is 29.9. The van der Waals surface area contributed by atoms with Crippen LogP contribution in [0, 0.1) is 12.8 Å². The SMILES string of the molecule is Cc1ccc2cccc(OCc3c(Cl)ccc(S(=O)(=O)N4CCC[C@H]4C(=O)NCC4CCN(C=NN)CC4)c3Cl)c2n1. The molecule has 0 aliphatic carbocycles. The summed E-state index contributed by atoms with van der Waals surface area (Å²) in [7, 11) is -4.10. The highest BCUT2D eigenvalue weighted by molar-refractivity contribution is 7.89. The maximum Gasteiger partial charge on any atom is 0.245 e. The van der Waals surface area contributed by atoms with Crippen molar-refractivity contribution >= 4 is 56.4 Å². The summed E-state index contributed by atoms with van der Waals surface area (Å²) in [6.45, 7) is 4.17. The van der Waals surface area contributed by atoms with Crippen LogP contribution >= 0.6 is 23.2 Å². The molecule has 1 aromatic heterocycles. The first-order valence-electron chi connectivity index (χ1n) is 13.9. The Morgan fingerprint density at radius 1 is 1.14 bits per heavy atom. The van der Waals surface area contributed by atoms with E-state index in [1.807, 2.05) is 36.1 Å². The van der Waals surface area contributed by atoms with Gasteiger partial charge in [0.05, 0.1) is 5.02 Å². The monoisotopic (exact) mass is 632 g/mol. The van der Waals surface area contributed by atoms with Crippen LogP contribution in [0.5, 0.6) is 5.75 Å². The number of rotatable bonds is 9. The molecule has 3 aromatic rings. The van der Waals surface area contributed by atoms with E-state index in [1.165, 1.54) is 16.4 Å². The number of hydrogen-bond donors (Lipinski definition) is 2. The lowest BCUT2D eigenvalue weighted by molar-refractivity contribution is -0.124. The summed E-state index contributed by atoms with van der Waals surface area (Å²) in [5.41, 5.74) is 1.87. The fourth-order valence-electron chi connectivity index (χ4n) is 5.54. The van der Waals surface area contributed by atoms with Gasteiger partial charge in [0.2, 0.25) is 15.9 Å². The number of nitrogens with one attached hydrogen (secondary N) is 1. The molecule has 2 aliphatic heterocycles. The summed E-state index contributed by atoms with van der Waals surface area (Å²) >= 11 is 13.2. The second kappa shape index (κ2) is 13.0. The predicted octanol–water partition coefficient (Wildman–Crippen LogP) is 4.31. The fourth-order valence-corrected chi connectivity index (χ4v) is 8.06. The van der Waals surface area contributed by atoms with Crippen molar-refractivity contribution in [2.75, 3.05) is 26.2 Å². The number of pyridine rings is 1. The van der Waals surface area contributed by atoms with Crippen LogP contribution in [0.25, 0.3) is 10.9 Å². The lowest BCUT2D eigenvalue weighted by Crippen LogP contribution is -2.47. The molecule has 2 fully saturated rings. The summed E-state index contributed by atoms with van der Waals surface area (Å²) in [6, 6.07) is 11.5. The van der Waals surface area contributed by atoms with Crippen LogP contribution in [0.1, 0.15) is 36.9 Å². The highest BCUT2D eigenvalue weighted by Crippen LogP contribution is 2.36. The number of carbonyl (C=O) groups excluding carboxylic acids is 1. The van der Waals surface area contributed by atoms with Gasteiger partial charge in [-0.3, -0.25) is 4.79 Å². The number of piperidine rings is 1. The Balaban J connectivity index is 1.30. The molecule has 1 atom stereocenters. The molecule has 0 bridgehead atoms. The Morgan fingerprint density at radius 2 is 1.93 bits per heavy atom. The van der Waals surface area contributed by atoms with Crippen molar-refractivity contribution in [3.8, 4) is 5.75 Å². The third kappa shape index (κ3) is 6.44. The predicted molar refractivity (Wildman–Crippen MR) is 164 cm³/mol. The van der Waals surface area contributed by atoms with E-state index in [0.717, 1.165) is 37.0 Å². The molecule has 2 aromatic carbocycles. The normalized spacial score (nSPS) is 18.6. The summed E-state index contributed by atoms with van der Waals surface area (Å²) < 4.78 is 35.0. The molecule has 1 amide bonds. The van der Waals surface area contributed by atoms with Crippen LogP contribution in [-0.2, 0) is 21.4 Å². The van der Waals surface area contributed by atoms with Crippen LogP contribution < -0.4 is 15.9 Å². The molecule has 2 aliphatic rings. The molecule has 0 spiro atoms. The maximum absolute atomic E-state index is 13.9. The molecule has 5 rings (SSSR count). The van der Waals surface area contributed by atoms with Gasteiger partial charge in [0.15, 0.2) is 0 Å². The van der Waals surface area contributed by atoms with Gasteiger partial charge >= 0.3 is 0 Å². The third-order valence-corrected chi connectivity index (χ3v) is 10.7. The molecule has 0 saturated carbocycles. The molecule has 3 N–H and O–H groups in total. The van der Waals surface area contributed by atoms with Gasteiger partial charge in [-0.25, -0.2) is 13.4 Å². The summed E-state index contributed by atoms with van der Waals surface area (Å²) in [5.74, 6) is 5.77. The van der Waals surface area contributed by atoms with Gasteiger partial charge < -0.3 is 20.8 Å². The van der Waals surface area contributed by atoms with Crippen LogP contribution in [0.15, 0.2) is 52.5 Å². The Hall–Kier alpha value is -3.12. The van der Waals surface area contributed by atoms with Crippen molar-refractivity contribution in [2.45, 2.75) is 50.2 Å². The van der Waals surface area contributed by atoms with Gasteiger partial charge in [-0.15, -0.1) is 0 Å². The van der Waals surface area contributed by atoms with Crippen LogP contribution in [0.2, 0.25) is 10.0 Å². The first-order chi connectivity index (χ1) is 20.2. The molecule has 3 heterocycles. The first-order valence-corrected chi connectivity index (χ1v) is 16.1. The lowest BCUT2D eigenvalue weighted by atomic mass is 9.97. The molecule has 224 valence electrons. The molecule has 0 unspecified atom stereocenters. The van der Waals surface area contributed by atoms with Gasteiger partial charge in [0.25, 0.3) is 0 Å². The number of aromatic nitrogens is 1. The quantitative estimate of drug-likeness (QED) is 0.156. The zero-order valence-corrected chi connectivity index (χ0v) is 25.6. The number of nitrogens with zero attached hydrogens (tertiary/aromatic N) is 4. The third-order valence-electron chi connectivity index (χ3n) is 7.88. The molecular formula is C29H34Cl2N6O4S. The second-order valence-corrected chi connectivity index (χ2v) is 13.3. The number of benzene rings is 2. The Morgan fingerprint density at radius 3 is 2.69 bits per heavy atom. The Bertz CT molecular complexity index is 1590. The topological polar surface area (TPSA) is 130 Å². The number of hydrogen-bond acceptors (Lipinski definition) is 7. The number of nitrogens with two attached hydrogens (primary N) is 1.